The maximum atomic E-state index is 12.0. The first-order valence-corrected chi connectivity index (χ1v) is 7.08. The van der Waals surface area contributed by atoms with Crippen LogP contribution >= 0.6 is 11.6 Å². The number of aryl methyl sites for hydroxylation is 2. The van der Waals surface area contributed by atoms with Crippen molar-refractivity contribution in [2.75, 3.05) is 14.1 Å². The number of nitrogens with zero attached hydrogens (tertiary/aromatic N) is 2. The molecule has 0 spiro atoms. The third kappa shape index (κ3) is 3.61. The van der Waals surface area contributed by atoms with Gasteiger partial charge in [0, 0.05) is 19.1 Å². The Bertz CT molecular complexity index is 568. The van der Waals surface area contributed by atoms with E-state index in [2.05, 4.69) is 9.93 Å². The van der Waals surface area contributed by atoms with Crippen molar-refractivity contribution >= 4 is 28.0 Å². The van der Waals surface area contributed by atoms with Crippen molar-refractivity contribution in [2.24, 2.45) is 5.10 Å². The summed E-state index contributed by atoms with van der Waals surface area (Å²) in [5.74, 6) is 0. The van der Waals surface area contributed by atoms with E-state index in [1.165, 1.54) is 12.4 Å². The van der Waals surface area contributed by atoms with Gasteiger partial charge in [0.25, 0.3) is 10.0 Å². The van der Waals surface area contributed by atoms with E-state index in [-0.39, 0.29) is 4.90 Å². The van der Waals surface area contributed by atoms with Crippen molar-refractivity contribution in [3.8, 4) is 0 Å². The molecule has 7 heteroatoms. The molecule has 100 valence electrons. The lowest BCUT2D eigenvalue weighted by atomic mass is 10.2. The zero-order valence-corrected chi connectivity index (χ0v) is 12.3. The molecule has 0 aliphatic rings. The summed E-state index contributed by atoms with van der Waals surface area (Å²) in [7, 11) is -0.168. The Hall–Kier alpha value is -1.27. The second-order valence-electron chi connectivity index (χ2n) is 4.17. The number of nitrogens with one attached hydrogen (secondary N) is 1. The van der Waals surface area contributed by atoms with Gasteiger partial charge in [0.2, 0.25) is 0 Å². The quantitative estimate of drug-likeness (QED) is 0.522. The number of benzene rings is 1. The monoisotopic (exact) mass is 289 g/mol. The molecule has 0 atom stereocenters. The molecule has 1 aromatic carbocycles. The highest BCUT2D eigenvalue weighted by Gasteiger charge is 2.17. The Morgan fingerprint density at radius 3 is 2.44 bits per heavy atom. The van der Waals surface area contributed by atoms with Gasteiger partial charge in [-0.25, -0.2) is 0 Å². The van der Waals surface area contributed by atoms with Crippen LogP contribution in [0.5, 0.6) is 0 Å². The summed E-state index contributed by atoms with van der Waals surface area (Å²) < 4.78 is 24.0. The number of hydrogen-bond donors (Lipinski definition) is 1. The maximum absolute atomic E-state index is 12.0. The third-order valence-corrected chi connectivity index (χ3v) is 3.98. The lowest BCUT2D eigenvalue weighted by molar-refractivity contribution is 0.581. The van der Waals surface area contributed by atoms with E-state index in [0.29, 0.717) is 16.1 Å². The zero-order chi connectivity index (χ0) is 13.9. The van der Waals surface area contributed by atoms with E-state index < -0.39 is 10.0 Å². The molecular weight excluding hydrogens is 274 g/mol. The van der Waals surface area contributed by atoms with Crippen molar-refractivity contribution in [1.82, 2.24) is 9.73 Å². The maximum Gasteiger partial charge on any atom is 0.276 e. The summed E-state index contributed by atoms with van der Waals surface area (Å²) in [6.07, 6.45) is 1.37. The Balaban J connectivity index is 3.09. The molecule has 0 amide bonds. The average molecular weight is 290 g/mol. The molecule has 0 aliphatic heterocycles. The lowest BCUT2D eigenvalue weighted by Crippen LogP contribution is -2.21. The number of rotatable bonds is 4. The molecule has 0 aromatic heterocycles. The molecule has 0 radical (unpaired) electrons. The molecule has 0 saturated heterocycles. The SMILES string of the molecule is Cc1cc(S(=O)(=O)N/N=C\N(C)C)c(C)cc1Cl. The smallest absolute Gasteiger partial charge is 0.276 e. The summed E-state index contributed by atoms with van der Waals surface area (Å²) in [5, 5.41) is 4.19. The van der Waals surface area contributed by atoms with Crippen molar-refractivity contribution in [3.05, 3.63) is 28.3 Å². The van der Waals surface area contributed by atoms with Crippen LogP contribution in [-0.4, -0.2) is 33.8 Å². The molecule has 0 aliphatic carbocycles. The van der Waals surface area contributed by atoms with Crippen molar-refractivity contribution in [3.63, 3.8) is 0 Å². The summed E-state index contributed by atoms with van der Waals surface area (Å²) in [6.45, 7) is 3.44. The number of halogens is 1. The van der Waals surface area contributed by atoms with Gasteiger partial charge < -0.3 is 4.90 Å². The molecule has 0 bridgehead atoms. The first-order valence-electron chi connectivity index (χ1n) is 5.22. The van der Waals surface area contributed by atoms with Crippen LogP contribution in [0.1, 0.15) is 11.1 Å². The van der Waals surface area contributed by atoms with Crippen molar-refractivity contribution in [2.45, 2.75) is 18.7 Å². The predicted octanol–water partition coefficient (Wildman–Crippen LogP) is 1.74. The zero-order valence-electron chi connectivity index (χ0n) is 10.7. The molecule has 0 heterocycles. The Kier molecular flexibility index (Phi) is 4.59. The van der Waals surface area contributed by atoms with E-state index >= 15 is 0 Å². The normalized spacial score (nSPS) is 11.8. The lowest BCUT2D eigenvalue weighted by Gasteiger charge is -2.09. The molecule has 0 unspecified atom stereocenters. The van der Waals surface area contributed by atoms with Gasteiger partial charge in [0.05, 0.1) is 4.90 Å². The standard InChI is InChI=1S/C11H16ClN3O2S/c1-8-6-11(9(2)5-10(8)12)18(16,17)14-13-7-15(3)4/h5-7,14H,1-4H3/b13-7-. The summed E-state index contributed by atoms with van der Waals surface area (Å²) in [5.41, 5.74) is 1.29. The van der Waals surface area contributed by atoms with Gasteiger partial charge in [-0.1, -0.05) is 11.6 Å². The minimum atomic E-state index is -3.66. The fraction of sp³-hybridized carbons (Fsp3) is 0.364. The van der Waals surface area contributed by atoms with E-state index in [1.807, 2.05) is 0 Å². The molecular formula is C11H16ClN3O2S. The Morgan fingerprint density at radius 2 is 1.89 bits per heavy atom. The third-order valence-electron chi connectivity index (χ3n) is 2.21. The Labute approximate surface area is 112 Å². The molecule has 1 N–H and O–H groups in total. The second-order valence-corrected chi connectivity index (χ2v) is 6.21. The van der Waals surface area contributed by atoms with Gasteiger partial charge in [-0.3, -0.25) is 0 Å². The highest BCUT2D eigenvalue weighted by atomic mass is 35.5. The Morgan fingerprint density at radius 1 is 1.28 bits per heavy atom. The van der Waals surface area contributed by atoms with Crippen molar-refractivity contribution < 1.29 is 8.42 Å². The molecule has 1 rings (SSSR count). The van der Waals surface area contributed by atoms with Gasteiger partial charge in [-0.2, -0.15) is 18.4 Å². The fourth-order valence-corrected chi connectivity index (χ4v) is 2.62. The van der Waals surface area contributed by atoms with E-state index in [0.717, 1.165) is 0 Å². The number of sulfonamides is 1. The van der Waals surface area contributed by atoms with Crippen LogP contribution < -0.4 is 4.83 Å². The molecule has 18 heavy (non-hydrogen) atoms. The topological polar surface area (TPSA) is 61.8 Å². The molecule has 1 aromatic rings. The molecule has 0 saturated carbocycles. The average Bonchev–Trinajstić information content (AvgIpc) is 2.22. The fourth-order valence-electron chi connectivity index (χ4n) is 1.30. The van der Waals surface area contributed by atoms with Gasteiger partial charge in [0.1, 0.15) is 6.34 Å². The van der Waals surface area contributed by atoms with Crippen LogP contribution in [0.25, 0.3) is 0 Å². The highest BCUT2D eigenvalue weighted by Crippen LogP contribution is 2.23. The minimum Gasteiger partial charge on any atom is -0.367 e. The van der Waals surface area contributed by atoms with Crippen LogP contribution in [0.2, 0.25) is 5.02 Å². The van der Waals surface area contributed by atoms with Crippen LogP contribution in [0, 0.1) is 13.8 Å². The number of hydrogen-bond acceptors (Lipinski definition) is 3. The minimum absolute atomic E-state index is 0.181. The first kappa shape index (κ1) is 14.8. The van der Waals surface area contributed by atoms with Crippen LogP contribution in [0.15, 0.2) is 22.1 Å². The van der Waals surface area contributed by atoms with Crippen LogP contribution in [0.4, 0.5) is 0 Å². The van der Waals surface area contributed by atoms with Gasteiger partial charge in [-0.05, 0) is 37.1 Å². The van der Waals surface area contributed by atoms with E-state index in [9.17, 15) is 8.42 Å². The van der Waals surface area contributed by atoms with Crippen molar-refractivity contribution in [1.29, 1.82) is 0 Å². The second kappa shape index (κ2) is 5.58. The van der Waals surface area contributed by atoms with E-state index in [4.69, 9.17) is 11.6 Å². The van der Waals surface area contributed by atoms with Crippen LogP contribution in [0.3, 0.4) is 0 Å². The summed E-state index contributed by atoms with van der Waals surface area (Å²) >= 11 is 5.93. The predicted molar refractivity (Wildman–Crippen MR) is 73.4 cm³/mol. The van der Waals surface area contributed by atoms with Gasteiger partial charge in [-0.15, -0.1) is 0 Å². The largest absolute Gasteiger partial charge is 0.367 e. The first-order chi connectivity index (χ1) is 8.24. The number of hydrazone groups is 1. The molecule has 5 nitrogen and oxygen atoms in total. The van der Waals surface area contributed by atoms with Crippen LogP contribution in [-0.2, 0) is 10.0 Å². The van der Waals surface area contributed by atoms with E-state index in [1.54, 1.807) is 38.9 Å². The van der Waals surface area contributed by atoms with Gasteiger partial charge in [0.15, 0.2) is 0 Å². The molecule has 0 fully saturated rings. The van der Waals surface area contributed by atoms with Gasteiger partial charge >= 0.3 is 0 Å². The highest BCUT2D eigenvalue weighted by molar-refractivity contribution is 7.89. The summed E-state index contributed by atoms with van der Waals surface area (Å²) in [4.78, 5) is 3.96. The summed E-state index contributed by atoms with van der Waals surface area (Å²) in [6, 6.07) is 3.16.